The van der Waals surface area contributed by atoms with Gasteiger partial charge in [0, 0.05) is 36.1 Å². The molecule has 0 radical (unpaired) electrons. The molecule has 1 N–H and O–H groups in total. The van der Waals surface area contributed by atoms with Crippen LogP contribution in [0.1, 0.15) is 35.8 Å². The predicted molar refractivity (Wildman–Crippen MR) is 107 cm³/mol. The third-order valence-electron chi connectivity index (χ3n) is 4.30. The van der Waals surface area contributed by atoms with Crippen LogP contribution in [0.25, 0.3) is 0 Å². The molecule has 1 atom stereocenters. The zero-order valence-electron chi connectivity index (χ0n) is 15.1. The second-order valence-electron chi connectivity index (χ2n) is 6.09. The first-order valence-corrected chi connectivity index (χ1v) is 8.83. The van der Waals surface area contributed by atoms with Crippen molar-refractivity contribution in [1.29, 1.82) is 0 Å². The molecule has 0 fully saturated rings. The van der Waals surface area contributed by atoms with E-state index in [0.717, 1.165) is 11.5 Å². The first-order valence-electron chi connectivity index (χ1n) is 8.83. The Morgan fingerprint density at radius 1 is 1.04 bits per heavy atom. The predicted octanol–water partition coefficient (Wildman–Crippen LogP) is 4.92. The molecular weight excluding hydrogens is 322 g/mol. The van der Waals surface area contributed by atoms with E-state index in [2.05, 4.69) is 29.4 Å². The van der Waals surface area contributed by atoms with E-state index in [0.29, 0.717) is 12.1 Å². The molecule has 4 heteroatoms. The van der Waals surface area contributed by atoms with Crippen LogP contribution in [-0.4, -0.2) is 17.4 Å². The number of hydrogen-bond acceptors (Lipinski definition) is 3. The van der Waals surface area contributed by atoms with E-state index in [1.54, 1.807) is 11.1 Å². The summed E-state index contributed by atoms with van der Waals surface area (Å²) >= 11 is 0. The Hall–Kier alpha value is -3.14. The van der Waals surface area contributed by atoms with Crippen molar-refractivity contribution < 1.29 is 4.79 Å². The molecule has 0 bridgehead atoms. The lowest BCUT2D eigenvalue weighted by Gasteiger charge is -2.22. The Kier molecular flexibility index (Phi) is 5.64. The summed E-state index contributed by atoms with van der Waals surface area (Å²) in [6.45, 7) is 4.66. The van der Waals surface area contributed by atoms with Crippen LogP contribution in [0.3, 0.4) is 0 Å². The van der Waals surface area contributed by atoms with Crippen LogP contribution >= 0.6 is 0 Å². The van der Waals surface area contributed by atoms with Gasteiger partial charge < -0.3 is 10.2 Å². The molecular formula is C22H23N3O. The number of carbonyl (C=O) groups is 1. The smallest absolute Gasteiger partial charge is 0.258 e. The van der Waals surface area contributed by atoms with Crippen LogP contribution in [0.5, 0.6) is 0 Å². The van der Waals surface area contributed by atoms with Crippen molar-refractivity contribution in [3.05, 3.63) is 90.1 Å². The van der Waals surface area contributed by atoms with E-state index >= 15 is 0 Å². The van der Waals surface area contributed by atoms with Gasteiger partial charge in [0.15, 0.2) is 0 Å². The van der Waals surface area contributed by atoms with Gasteiger partial charge in [-0.3, -0.25) is 4.79 Å². The van der Waals surface area contributed by atoms with Crippen LogP contribution in [0, 0.1) is 0 Å². The summed E-state index contributed by atoms with van der Waals surface area (Å²) in [5.41, 5.74) is 2.70. The molecule has 3 rings (SSSR count). The minimum Gasteiger partial charge on any atom is -0.363 e. The molecule has 0 saturated carbocycles. The van der Waals surface area contributed by atoms with Gasteiger partial charge in [-0.1, -0.05) is 48.5 Å². The summed E-state index contributed by atoms with van der Waals surface area (Å²) in [5.74, 6) is 0.736. The van der Waals surface area contributed by atoms with E-state index in [1.807, 2.05) is 67.6 Å². The van der Waals surface area contributed by atoms with Crippen molar-refractivity contribution in [3.8, 4) is 0 Å². The fourth-order valence-corrected chi connectivity index (χ4v) is 2.89. The van der Waals surface area contributed by atoms with Gasteiger partial charge in [-0.05, 0) is 37.6 Å². The largest absolute Gasteiger partial charge is 0.363 e. The molecule has 1 aromatic heterocycles. The van der Waals surface area contributed by atoms with Gasteiger partial charge in [-0.25, -0.2) is 4.98 Å². The van der Waals surface area contributed by atoms with Crippen molar-refractivity contribution in [2.24, 2.45) is 0 Å². The molecule has 0 saturated heterocycles. The van der Waals surface area contributed by atoms with E-state index in [-0.39, 0.29) is 11.9 Å². The molecule has 1 amide bonds. The number of rotatable bonds is 6. The average molecular weight is 345 g/mol. The Bertz CT molecular complexity index is 850. The first kappa shape index (κ1) is 17.7. The number of aromatic nitrogens is 1. The number of hydrogen-bond donors (Lipinski definition) is 1. The van der Waals surface area contributed by atoms with Crippen LogP contribution in [0.15, 0.2) is 79.0 Å². The number of benzene rings is 2. The number of nitrogens with one attached hydrogen (secondary N) is 1. The fourth-order valence-electron chi connectivity index (χ4n) is 2.89. The summed E-state index contributed by atoms with van der Waals surface area (Å²) in [4.78, 5) is 19.0. The zero-order valence-corrected chi connectivity index (χ0v) is 15.1. The Morgan fingerprint density at radius 2 is 1.69 bits per heavy atom. The second kappa shape index (κ2) is 8.30. The number of nitrogens with zero attached hydrogens (tertiary/aromatic N) is 2. The Morgan fingerprint density at radius 3 is 2.35 bits per heavy atom. The lowest BCUT2D eigenvalue weighted by atomic mass is 10.1. The van der Waals surface area contributed by atoms with Gasteiger partial charge in [0.1, 0.15) is 5.82 Å². The normalized spacial score (nSPS) is 11.6. The third-order valence-corrected chi connectivity index (χ3v) is 4.30. The van der Waals surface area contributed by atoms with Gasteiger partial charge in [0.25, 0.3) is 5.91 Å². The molecule has 0 spiro atoms. The maximum atomic E-state index is 12.8. The highest BCUT2D eigenvalue weighted by Gasteiger charge is 2.16. The van der Waals surface area contributed by atoms with Crippen molar-refractivity contribution in [3.63, 3.8) is 0 Å². The van der Waals surface area contributed by atoms with Crippen LogP contribution in [0.4, 0.5) is 11.5 Å². The summed E-state index contributed by atoms with van der Waals surface area (Å²) in [6, 6.07) is 23.5. The van der Waals surface area contributed by atoms with Crippen LogP contribution in [-0.2, 0) is 0 Å². The number of carbonyl (C=O) groups excluding carboxylic acids is 1. The highest BCUT2D eigenvalue weighted by molar-refractivity contribution is 6.06. The maximum absolute atomic E-state index is 12.8. The van der Waals surface area contributed by atoms with Gasteiger partial charge >= 0.3 is 0 Å². The summed E-state index contributed by atoms with van der Waals surface area (Å²) in [6.07, 6.45) is 1.73. The van der Waals surface area contributed by atoms with E-state index in [9.17, 15) is 4.79 Å². The summed E-state index contributed by atoms with van der Waals surface area (Å²) in [5, 5.41) is 3.41. The van der Waals surface area contributed by atoms with E-state index in [1.165, 1.54) is 5.56 Å². The molecule has 0 aliphatic rings. The minimum atomic E-state index is -0.0126. The lowest BCUT2D eigenvalue weighted by molar-refractivity contribution is 0.0988. The van der Waals surface area contributed by atoms with Crippen LogP contribution < -0.4 is 10.2 Å². The van der Waals surface area contributed by atoms with Crippen molar-refractivity contribution in [1.82, 2.24) is 4.98 Å². The van der Waals surface area contributed by atoms with E-state index < -0.39 is 0 Å². The highest BCUT2D eigenvalue weighted by atomic mass is 16.2. The minimum absolute atomic E-state index is 0.0126. The molecule has 132 valence electrons. The highest BCUT2D eigenvalue weighted by Crippen LogP contribution is 2.23. The van der Waals surface area contributed by atoms with Gasteiger partial charge in [0.2, 0.25) is 0 Å². The van der Waals surface area contributed by atoms with Gasteiger partial charge in [0.05, 0.1) is 0 Å². The van der Waals surface area contributed by atoms with Crippen molar-refractivity contribution >= 4 is 17.4 Å². The topological polar surface area (TPSA) is 45.2 Å². The molecule has 0 aliphatic heterocycles. The van der Waals surface area contributed by atoms with Crippen LogP contribution in [0.2, 0.25) is 0 Å². The molecule has 0 unspecified atom stereocenters. The molecule has 3 aromatic rings. The molecule has 4 nitrogen and oxygen atoms in total. The first-order chi connectivity index (χ1) is 12.7. The SMILES string of the molecule is CCN(C(=O)c1ccccc1)c1ccnc(N[C@@H](C)c2ccccc2)c1. The lowest BCUT2D eigenvalue weighted by Crippen LogP contribution is -2.30. The number of anilines is 2. The average Bonchev–Trinajstić information content (AvgIpc) is 2.70. The summed E-state index contributed by atoms with van der Waals surface area (Å²) in [7, 11) is 0. The van der Waals surface area contributed by atoms with Gasteiger partial charge in [-0.15, -0.1) is 0 Å². The molecule has 0 aliphatic carbocycles. The zero-order chi connectivity index (χ0) is 18.4. The summed E-state index contributed by atoms with van der Waals surface area (Å²) < 4.78 is 0. The molecule has 26 heavy (non-hydrogen) atoms. The third kappa shape index (κ3) is 4.09. The monoisotopic (exact) mass is 345 g/mol. The quantitative estimate of drug-likeness (QED) is 0.689. The van der Waals surface area contributed by atoms with Gasteiger partial charge in [-0.2, -0.15) is 0 Å². The van der Waals surface area contributed by atoms with Crippen molar-refractivity contribution in [2.45, 2.75) is 19.9 Å². The fraction of sp³-hybridized carbons (Fsp3) is 0.182. The van der Waals surface area contributed by atoms with E-state index in [4.69, 9.17) is 0 Å². The second-order valence-corrected chi connectivity index (χ2v) is 6.09. The number of pyridine rings is 1. The standard InChI is InChI=1S/C22H23N3O/c1-3-25(22(26)19-12-8-5-9-13-19)20-14-15-23-21(16-20)24-17(2)18-10-6-4-7-11-18/h4-17H,3H2,1-2H3,(H,23,24)/t17-/m0/s1. The Labute approximate surface area is 154 Å². The molecule has 1 heterocycles. The maximum Gasteiger partial charge on any atom is 0.258 e. The molecule has 2 aromatic carbocycles. The number of amides is 1. The van der Waals surface area contributed by atoms with Crippen molar-refractivity contribution in [2.75, 3.05) is 16.8 Å². The Balaban J connectivity index is 1.80.